The highest BCUT2D eigenvalue weighted by Gasteiger charge is 2.05. The van der Waals surface area contributed by atoms with Gasteiger partial charge < -0.3 is 19.6 Å². The van der Waals surface area contributed by atoms with Gasteiger partial charge in [-0.1, -0.05) is 23.7 Å². The molecule has 0 radical (unpaired) electrons. The molecule has 0 aliphatic heterocycles. The summed E-state index contributed by atoms with van der Waals surface area (Å²) in [6.45, 7) is 1.81. The number of nitrogens with one attached hydrogen (secondary N) is 1. The minimum Gasteiger partial charge on any atom is -0.467 e. The van der Waals surface area contributed by atoms with Crippen LogP contribution in [0.4, 0.5) is 0 Å². The van der Waals surface area contributed by atoms with Crippen LogP contribution in [0.2, 0.25) is 5.02 Å². The monoisotopic (exact) mass is 295 g/mol. The quantitative estimate of drug-likeness (QED) is 0.786. The zero-order chi connectivity index (χ0) is 14.2. The molecule has 2 aromatic rings. The molecule has 0 fully saturated rings. The molecule has 0 saturated heterocycles. The van der Waals surface area contributed by atoms with Crippen LogP contribution in [0.1, 0.15) is 11.3 Å². The maximum absolute atomic E-state index is 9.76. The maximum atomic E-state index is 9.76. The number of hydrogen-bond acceptors (Lipinski definition) is 4. The van der Waals surface area contributed by atoms with Crippen LogP contribution in [0.15, 0.2) is 47.1 Å². The third-order valence-corrected chi connectivity index (χ3v) is 3.01. The van der Waals surface area contributed by atoms with Crippen LogP contribution in [0.25, 0.3) is 0 Å². The fourth-order valence-electron chi connectivity index (χ4n) is 1.73. The van der Waals surface area contributed by atoms with Crippen LogP contribution in [0.3, 0.4) is 0 Å². The summed E-state index contributed by atoms with van der Waals surface area (Å²) in [5.74, 6) is 0.756. The summed E-state index contributed by atoms with van der Waals surface area (Å²) >= 11 is 5.81. The molecule has 4 nitrogen and oxygen atoms in total. The van der Waals surface area contributed by atoms with E-state index in [2.05, 4.69) is 5.32 Å². The van der Waals surface area contributed by atoms with Crippen molar-refractivity contribution in [3.63, 3.8) is 0 Å². The number of hydrogen-bond donors (Lipinski definition) is 2. The van der Waals surface area contributed by atoms with Crippen molar-refractivity contribution in [1.82, 2.24) is 5.32 Å². The number of aliphatic hydroxyl groups excluding tert-OH is 1. The summed E-state index contributed by atoms with van der Waals surface area (Å²) in [6, 6.07) is 11.3. The van der Waals surface area contributed by atoms with Gasteiger partial charge in [0.25, 0.3) is 0 Å². The van der Waals surface area contributed by atoms with Crippen molar-refractivity contribution in [2.75, 3.05) is 13.2 Å². The van der Waals surface area contributed by atoms with Gasteiger partial charge in [-0.3, -0.25) is 0 Å². The lowest BCUT2D eigenvalue weighted by Crippen LogP contribution is -2.30. The Morgan fingerprint density at radius 1 is 1.25 bits per heavy atom. The van der Waals surface area contributed by atoms with Crippen LogP contribution >= 0.6 is 11.6 Å². The molecule has 108 valence electrons. The summed E-state index contributed by atoms with van der Waals surface area (Å²) < 4.78 is 10.5. The molecular weight excluding hydrogens is 278 g/mol. The smallest absolute Gasteiger partial charge is 0.129 e. The highest BCUT2D eigenvalue weighted by atomic mass is 35.5. The molecule has 1 heterocycles. The van der Waals surface area contributed by atoms with Crippen molar-refractivity contribution in [3.05, 3.63) is 59.0 Å². The molecule has 1 atom stereocenters. The molecule has 0 aliphatic carbocycles. The first-order valence-corrected chi connectivity index (χ1v) is 6.85. The lowest BCUT2D eigenvalue weighted by Gasteiger charge is -2.12. The van der Waals surface area contributed by atoms with Gasteiger partial charge >= 0.3 is 0 Å². The molecule has 0 aliphatic rings. The van der Waals surface area contributed by atoms with Gasteiger partial charge in [0.1, 0.15) is 12.4 Å². The van der Waals surface area contributed by atoms with E-state index in [1.807, 2.05) is 36.4 Å². The molecule has 20 heavy (non-hydrogen) atoms. The lowest BCUT2D eigenvalue weighted by molar-refractivity contribution is 0.0226. The first-order valence-electron chi connectivity index (χ1n) is 6.47. The Balaban J connectivity index is 1.58. The standard InChI is InChI=1S/C15H18ClNO3/c16-13-5-3-12(4-6-13)8-17-9-14(18)10-19-11-15-2-1-7-20-15/h1-7,14,17-18H,8-11H2. The average Bonchev–Trinajstić information content (AvgIpc) is 2.94. The Kier molecular flexibility index (Phi) is 6.08. The second-order valence-electron chi connectivity index (χ2n) is 4.51. The third-order valence-electron chi connectivity index (χ3n) is 2.76. The van der Waals surface area contributed by atoms with E-state index in [9.17, 15) is 5.11 Å². The zero-order valence-electron chi connectivity index (χ0n) is 11.1. The zero-order valence-corrected chi connectivity index (χ0v) is 11.8. The molecule has 5 heteroatoms. The summed E-state index contributed by atoms with van der Waals surface area (Å²) in [7, 11) is 0. The number of halogens is 1. The Morgan fingerprint density at radius 2 is 2.05 bits per heavy atom. The molecule has 1 aromatic carbocycles. The van der Waals surface area contributed by atoms with Gasteiger partial charge in [0.15, 0.2) is 0 Å². The SMILES string of the molecule is OC(CNCc1ccc(Cl)cc1)COCc1ccco1. The van der Waals surface area contributed by atoms with Crippen LogP contribution in [-0.2, 0) is 17.9 Å². The number of furan rings is 1. The van der Waals surface area contributed by atoms with Gasteiger partial charge in [-0.25, -0.2) is 0 Å². The number of aliphatic hydroxyl groups is 1. The Hall–Kier alpha value is -1.33. The van der Waals surface area contributed by atoms with E-state index in [0.717, 1.165) is 16.3 Å². The largest absolute Gasteiger partial charge is 0.467 e. The van der Waals surface area contributed by atoms with Crippen molar-refractivity contribution < 1.29 is 14.3 Å². The highest BCUT2D eigenvalue weighted by molar-refractivity contribution is 6.30. The third kappa shape index (κ3) is 5.35. The molecule has 1 unspecified atom stereocenters. The summed E-state index contributed by atoms with van der Waals surface area (Å²) in [6.07, 6.45) is 1.06. The van der Waals surface area contributed by atoms with Gasteiger partial charge in [-0.05, 0) is 29.8 Å². The first-order chi connectivity index (χ1) is 9.74. The van der Waals surface area contributed by atoms with Crippen molar-refractivity contribution in [2.45, 2.75) is 19.3 Å². The molecule has 0 spiro atoms. The van der Waals surface area contributed by atoms with Gasteiger partial charge in [-0.2, -0.15) is 0 Å². The molecule has 0 amide bonds. The van der Waals surface area contributed by atoms with Gasteiger partial charge in [0.2, 0.25) is 0 Å². The second kappa shape index (κ2) is 8.07. The minimum absolute atomic E-state index is 0.272. The van der Waals surface area contributed by atoms with E-state index < -0.39 is 6.10 Å². The van der Waals surface area contributed by atoms with E-state index in [1.165, 1.54) is 0 Å². The predicted molar refractivity (Wildman–Crippen MR) is 77.5 cm³/mol. The van der Waals surface area contributed by atoms with Gasteiger partial charge in [0, 0.05) is 18.1 Å². The Labute approximate surface area is 123 Å². The Morgan fingerprint density at radius 3 is 2.75 bits per heavy atom. The molecule has 2 rings (SSSR count). The van der Waals surface area contributed by atoms with Gasteiger partial charge in [-0.15, -0.1) is 0 Å². The predicted octanol–water partition coefficient (Wildman–Crippen LogP) is 2.60. The Bertz CT molecular complexity index is 484. The van der Waals surface area contributed by atoms with Crippen LogP contribution in [0, 0.1) is 0 Å². The molecule has 2 N–H and O–H groups in total. The summed E-state index contributed by atoms with van der Waals surface area (Å²) in [4.78, 5) is 0. The minimum atomic E-state index is -0.544. The number of benzene rings is 1. The van der Waals surface area contributed by atoms with Crippen molar-refractivity contribution >= 4 is 11.6 Å². The van der Waals surface area contributed by atoms with E-state index in [-0.39, 0.29) is 6.61 Å². The van der Waals surface area contributed by atoms with Crippen molar-refractivity contribution in [3.8, 4) is 0 Å². The topological polar surface area (TPSA) is 54.6 Å². The lowest BCUT2D eigenvalue weighted by atomic mass is 10.2. The van der Waals surface area contributed by atoms with Crippen LogP contribution < -0.4 is 5.32 Å². The average molecular weight is 296 g/mol. The maximum Gasteiger partial charge on any atom is 0.129 e. The summed E-state index contributed by atoms with van der Waals surface area (Å²) in [5, 5.41) is 13.7. The van der Waals surface area contributed by atoms with Crippen molar-refractivity contribution in [1.29, 1.82) is 0 Å². The van der Waals surface area contributed by atoms with Gasteiger partial charge in [0.05, 0.1) is 19.0 Å². The highest BCUT2D eigenvalue weighted by Crippen LogP contribution is 2.09. The first kappa shape index (κ1) is 15.1. The molecule has 0 saturated carbocycles. The van der Waals surface area contributed by atoms with E-state index in [4.69, 9.17) is 20.8 Å². The fraction of sp³-hybridized carbons (Fsp3) is 0.333. The van der Waals surface area contributed by atoms with Crippen LogP contribution in [-0.4, -0.2) is 24.4 Å². The molecule has 1 aromatic heterocycles. The molecule has 0 bridgehead atoms. The van der Waals surface area contributed by atoms with E-state index >= 15 is 0 Å². The van der Waals surface area contributed by atoms with E-state index in [1.54, 1.807) is 6.26 Å². The number of rotatable bonds is 8. The van der Waals surface area contributed by atoms with E-state index in [0.29, 0.717) is 19.7 Å². The molecular formula is C15H18ClNO3. The summed E-state index contributed by atoms with van der Waals surface area (Å²) in [5.41, 5.74) is 1.12. The van der Waals surface area contributed by atoms with Crippen LogP contribution in [0.5, 0.6) is 0 Å². The fourth-order valence-corrected chi connectivity index (χ4v) is 1.86. The second-order valence-corrected chi connectivity index (χ2v) is 4.94. The number of ether oxygens (including phenoxy) is 1. The normalized spacial score (nSPS) is 12.5. The van der Waals surface area contributed by atoms with Crippen molar-refractivity contribution in [2.24, 2.45) is 0 Å².